The lowest BCUT2D eigenvalue weighted by Crippen LogP contribution is -2.54. The summed E-state index contributed by atoms with van der Waals surface area (Å²) >= 11 is 18.5. The van der Waals surface area contributed by atoms with E-state index in [0.29, 0.717) is 10.6 Å². The minimum absolute atomic E-state index is 0.0806. The average molecular weight is 580 g/mol. The molecule has 0 atom stereocenters. The van der Waals surface area contributed by atoms with Crippen LogP contribution >= 0.6 is 34.8 Å². The summed E-state index contributed by atoms with van der Waals surface area (Å²) < 4.78 is 31.1. The van der Waals surface area contributed by atoms with Gasteiger partial charge in [-0.3, -0.25) is 14.9 Å². The molecule has 37 heavy (non-hydrogen) atoms. The number of halogens is 3. The van der Waals surface area contributed by atoms with Crippen LogP contribution < -0.4 is 14.4 Å². The SMILES string of the molecule is Cc1ccc(S(=O)(=O)Oc2c(Cl)cc(Cl)cc2/C=C2\C(=O)NC(=O)N(c3ccc(C)c(Cl)c3)C2=O)cc1. The third kappa shape index (κ3) is 5.50. The number of imide groups is 2. The first-order valence-electron chi connectivity index (χ1n) is 10.5. The van der Waals surface area contributed by atoms with Crippen LogP contribution in [0.25, 0.3) is 6.08 Å². The lowest BCUT2D eigenvalue weighted by atomic mass is 10.1. The first kappa shape index (κ1) is 26.7. The van der Waals surface area contributed by atoms with E-state index in [-0.39, 0.29) is 31.9 Å². The Kier molecular flexibility index (Phi) is 7.34. The number of aryl methyl sites for hydroxylation is 2. The number of rotatable bonds is 5. The van der Waals surface area contributed by atoms with Crippen molar-refractivity contribution in [2.24, 2.45) is 0 Å². The Balaban J connectivity index is 1.79. The van der Waals surface area contributed by atoms with Crippen LogP contribution in [-0.4, -0.2) is 26.3 Å². The number of anilines is 1. The highest BCUT2D eigenvalue weighted by Gasteiger charge is 2.37. The Labute approximate surface area is 227 Å². The number of benzene rings is 3. The summed E-state index contributed by atoms with van der Waals surface area (Å²) in [6.45, 7) is 3.54. The van der Waals surface area contributed by atoms with Crippen molar-refractivity contribution in [2.45, 2.75) is 18.7 Å². The van der Waals surface area contributed by atoms with Gasteiger partial charge in [-0.15, -0.1) is 0 Å². The predicted molar refractivity (Wildman–Crippen MR) is 141 cm³/mol. The molecular formula is C25H17Cl3N2O6S. The Morgan fingerprint density at radius 2 is 1.57 bits per heavy atom. The summed E-state index contributed by atoms with van der Waals surface area (Å²) in [7, 11) is -4.35. The van der Waals surface area contributed by atoms with Gasteiger partial charge in [0.25, 0.3) is 11.8 Å². The third-order valence-electron chi connectivity index (χ3n) is 5.35. The van der Waals surface area contributed by atoms with Crippen LogP contribution in [0.15, 0.2) is 65.1 Å². The molecule has 1 saturated heterocycles. The first-order valence-corrected chi connectivity index (χ1v) is 13.1. The maximum Gasteiger partial charge on any atom is 0.339 e. The van der Waals surface area contributed by atoms with Crippen LogP contribution in [0.2, 0.25) is 15.1 Å². The number of barbiturate groups is 1. The topological polar surface area (TPSA) is 110 Å². The van der Waals surface area contributed by atoms with E-state index in [0.717, 1.165) is 16.5 Å². The molecule has 0 radical (unpaired) electrons. The maximum atomic E-state index is 13.3. The van der Waals surface area contributed by atoms with Crippen molar-refractivity contribution in [3.63, 3.8) is 0 Å². The summed E-state index contributed by atoms with van der Waals surface area (Å²) in [5.74, 6) is -2.34. The molecule has 190 valence electrons. The zero-order chi connectivity index (χ0) is 27.1. The number of hydrogen-bond donors (Lipinski definition) is 1. The number of nitrogens with one attached hydrogen (secondary N) is 1. The fraction of sp³-hybridized carbons (Fsp3) is 0.0800. The van der Waals surface area contributed by atoms with E-state index in [1.807, 2.05) is 0 Å². The highest BCUT2D eigenvalue weighted by Crippen LogP contribution is 2.37. The third-order valence-corrected chi connectivity index (χ3v) is 7.50. The molecule has 0 unspecified atom stereocenters. The number of carbonyl (C=O) groups excluding carboxylic acids is 3. The molecular weight excluding hydrogens is 563 g/mol. The molecule has 4 amide bonds. The Bertz CT molecular complexity index is 1600. The standard InChI is InChI=1S/C25H17Cl3N2O6S/c1-13-3-7-18(8-4-13)37(34,35)36-22-15(9-16(26)11-21(22)28)10-19-23(31)29-25(33)30(24(19)32)17-6-5-14(2)20(27)12-17/h3-12H,1-2H3,(H,29,31,33)/b19-10+. The van der Waals surface area contributed by atoms with Gasteiger partial charge in [-0.2, -0.15) is 8.42 Å². The Morgan fingerprint density at radius 1 is 0.892 bits per heavy atom. The average Bonchev–Trinajstić information content (AvgIpc) is 2.81. The second-order valence-electron chi connectivity index (χ2n) is 8.05. The quantitative estimate of drug-likeness (QED) is 0.236. The van der Waals surface area contributed by atoms with Gasteiger partial charge in [-0.05, 0) is 61.9 Å². The summed E-state index contributed by atoms with van der Waals surface area (Å²) in [6, 6.07) is 12.0. The number of hydrogen-bond acceptors (Lipinski definition) is 6. The largest absolute Gasteiger partial charge is 0.377 e. The van der Waals surface area contributed by atoms with Gasteiger partial charge in [0, 0.05) is 15.6 Å². The molecule has 1 N–H and O–H groups in total. The second-order valence-corrected chi connectivity index (χ2v) is 10.8. The monoisotopic (exact) mass is 578 g/mol. The van der Waals surface area contributed by atoms with Crippen molar-refractivity contribution < 1.29 is 27.0 Å². The molecule has 4 rings (SSSR count). The number of urea groups is 1. The van der Waals surface area contributed by atoms with Crippen LogP contribution in [0, 0.1) is 13.8 Å². The highest BCUT2D eigenvalue weighted by atomic mass is 35.5. The van der Waals surface area contributed by atoms with Gasteiger partial charge in [0.2, 0.25) is 0 Å². The molecule has 0 saturated carbocycles. The summed E-state index contributed by atoms with van der Waals surface area (Å²) in [4.78, 5) is 39.0. The van der Waals surface area contributed by atoms with E-state index in [9.17, 15) is 22.8 Å². The normalized spacial score (nSPS) is 15.2. The minimum Gasteiger partial charge on any atom is -0.377 e. The summed E-state index contributed by atoms with van der Waals surface area (Å²) in [5.41, 5.74) is 1.10. The Hall–Kier alpha value is -3.37. The molecule has 1 aliphatic rings. The number of carbonyl (C=O) groups is 3. The van der Waals surface area contributed by atoms with Crippen LogP contribution in [0.5, 0.6) is 5.75 Å². The molecule has 8 nitrogen and oxygen atoms in total. The van der Waals surface area contributed by atoms with Gasteiger partial charge < -0.3 is 4.18 Å². The molecule has 12 heteroatoms. The van der Waals surface area contributed by atoms with Gasteiger partial charge in [0.15, 0.2) is 5.75 Å². The molecule has 0 aliphatic carbocycles. The maximum absolute atomic E-state index is 13.3. The van der Waals surface area contributed by atoms with Gasteiger partial charge in [0.05, 0.1) is 10.7 Å². The van der Waals surface area contributed by atoms with E-state index in [1.165, 1.54) is 36.4 Å². The number of nitrogens with zero attached hydrogens (tertiary/aromatic N) is 1. The lowest BCUT2D eigenvalue weighted by molar-refractivity contribution is -0.122. The van der Waals surface area contributed by atoms with Crippen LogP contribution in [0.4, 0.5) is 10.5 Å². The van der Waals surface area contributed by atoms with E-state index in [2.05, 4.69) is 5.32 Å². The minimum atomic E-state index is -4.35. The van der Waals surface area contributed by atoms with Crippen molar-refractivity contribution >= 4 is 74.5 Å². The molecule has 1 fully saturated rings. The van der Waals surface area contributed by atoms with Gasteiger partial charge in [-0.25, -0.2) is 9.69 Å². The molecule has 1 heterocycles. The van der Waals surface area contributed by atoms with Gasteiger partial charge in [0.1, 0.15) is 10.5 Å². The van der Waals surface area contributed by atoms with Crippen molar-refractivity contribution in [3.05, 3.63) is 91.9 Å². The zero-order valence-electron chi connectivity index (χ0n) is 19.2. The van der Waals surface area contributed by atoms with Crippen LogP contribution in [-0.2, 0) is 19.7 Å². The van der Waals surface area contributed by atoms with E-state index >= 15 is 0 Å². The van der Waals surface area contributed by atoms with Crippen molar-refractivity contribution in [3.8, 4) is 5.75 Å². The van der Waals surface area contributed by atoms with Crippen LogP contribution in [0.1, 0.15) is 16.7 Å². The smallest absolute Gasteiger partial charge is 0.339 e. The highest BCUT2D eigenvalue weighted by molar-refractivity contribution is 7.87. The molecule has 0 bridgehead atoms. The van der Waals surface area contributed by atoms with Crippen molar-refractivity contribution in [2.75, 3.05) is 4.90 Å². The summed E-state index contributed by atoms with van der Waals surface area (Å²) in [6.07, 6.45) is 1.05. The molecule has 3 aromatic carbocycles. The van der Waals surface area contributed by atoms with Gasteiger partial charge in [-0.1, -0.05) is 58.6 Å². The van der Waals surface area contributed by atoms with E-state index < -0.39 is 33.5 Å². The number of amides is 4. The van der Waals surface area contributed by atoms with E-state index in [4.69, 9.17) is 39.0 Å². The van der Waals surface area contributed by atoms with E-state index in [1.54, 1.807) is 32.0 Å². The lowest BCUT2D eigenvalue weighted by Gasteiger charge is -2.26. The van der Waals surface area contributed by atoms with Crippen molar-refractivity contribution in [1.82, 2.24) is 5.32 Å². The first-order chi connectivity index (χ1) is 17.4. The second kappa shape index (κ2) is 10.2. The molecule has 0 spiro atoms. The van der Waals surface area contributed by atoms with Crippen LogP contribution in [0.3, 0.4) is 0 Å². The summed E-state index contributed by atoms with van der Waals surface area (Å²) in [5, 5.41) is 2.29. The molecule has 1 aliphatic heterocycles. The fourth-order valence-corrected chi connectivity index (χ4v) is 5.15. The fourth-order valence-electron chi connectivity index (χ4n) is 3.41. The molecule has 0 aromatic heterocycles. The Morgan fingerprint density at radius 3 is 2.22 bits per heavy atom. The predicted octanol–water partition coefficient (Wildman–Crippen LogP) is 5.70. The molecule has 3 aromatic rings. The van der Waals surface area contributed by atoms with Crippen molar-refractivity contribution in [1.29, 1.82) is 0 Å². The zero-order valence-corrected chi connectivity index (χ0v) is 22.3. The van der Waals surface area contributed by atoms with Gasteiger partial charge >= 0.3 is 16.1 Å².